The number of carbonyl (C=O) groups is 1. The molecule has 0 saturated carbocycles. The molecule has 2 aromatic rings. The molecule has 27 heavy (non-hydrogen) atoms. The van der Waals surface area contributed by atoms with Crippen LogP contribution < -0.4 is 5.32 Å². The van der Waals surface area contributed by atoms with Crippen molar-refractivity contribution in [2.75, 3.05) is 5.32 Å². The molecule has 1 aliphatic heterocycles. The van der Waals surface area contributed by atoms with E-state index in [9.17, 15) is 9.90 Å². The van der Waals surface area contributed by atoms with E-state index >= 15 is 0 Å². The number of anilines is 1. The van der Waals surface area contributed by atoms with Gasteiger partial charge in [-0.05, 0) is 53.2 Å². The average molecular weight is 364 g/mol. The van der Waals surface area contributed by atoms with Crippen molar-refractivity contribution in [2.24, 2.45) is 0 Å². The Morgan fingerprint density at radius 3 is 2.00 bits per heavy atom. The van der Waals surface area contributed by atoms with Crippen molar-refractivity contribution in [3.05, 3.63) is 58.1 Å². The first-order valence-electron chi connectivity index (χ1n) is 9.40. The van der Waals surface area contributed by atoms with E-state index in [2.05, 4.69) is 46.9 Å². The van der Waals surface area contributed by atoms with Gasteiger partial charge in [0, 0.05) is 28.0 Å². The maximum atomic E-state index is 12.5. The van der Waals surface area contributed by atoms with Gasteiger partial charge in [0.1, 0.15) is 5.75 Å². The van der Waals surface area contributed by atoms with E-state index in [-0.39, 0.29) is 16.7 Å². The Bertz CT molecular complexity index is 918. The van der Waals surface area contributed by atoms with Gasteiger partial charge < -0.3 is 10.4 Å². The summed E-state index contributed by atoms with van der Waals surface area (Å²) in [5.74, 6) is 0.266. The molecule has 2 aromatic carbocycles. The van der Waals surface area contributed by atoms with E-state index in [4.69, 9.17) is 0 Å². The lowest BCUT2D eigenvalue weighted by Gasteiger charge is -2.28. The summed E-state index contributed by atoms with van der Waals surface area (Å²) in [5.41, 5.74) is 5.87. The molecule has 2 N–H and O–H groups in total. The standard InChI is InChI=1S/C24H29NO2/c1-14-8-9-16-17(22(27)25-20(16)10-14)11-15-12-18(23(2,3)4)21(26)19(13-15)24(5,6)7/h8-13,26H,1-7H3,(H,25,27). The molecule has 0 aromatic heterocycles. The molecule has 0 unspecified atom stereocenters. The molecular formula is C24H29NO2. The first-order chi connectivity index (χ1) is 12.4. The van der Waals surface area contributed by atoms with Crippen LogP contribution in [0.5, 0.6) is 5.75 Å². The summed E-state index contributed by atoms with van der Waals surface area (Å²) in [5, 5.41) is 13.8. The third-order valence-corrected chi connectivity index (χ3v) is 5.02. The van der Waals surface area contributed by atoms with E-state index in [0.29, 0.717) is 11.3 Å². The molecule has 0 aliphatic carbocycles. The molecule has 0 spiro atoms. The molecule has 142 valence electrons. The van der Waals surface area contributed by atoms with E-state index in [1.54, 1.807) is 0 Å². The van der Waals surface area contributed by atoms with Crippen LogP contribution in [0.3, 0.4) is 0 Å². The first kappa shape index (κ1) is 19.2. The topological polar surface area (TPSA) is 49.3 Å². The molecule has 0 atom stereocenters. The van der Waals surface area contributed by atoms with E-state index < -0.39 is 0 Å². The van der Waals surface area contributed by atoms with Gasteiger partial charge in [0.15, 0.2) is 0 Å². The highest BCUT2D eigenvalue weighted by Gasteiger charge is 2.28. The summed E-state index contributed by atoms with van der Waals surface area (Å²) in [4.78, 5) is 12.5. The second-order valence-corrected chi connectivity index (χ2v) is 9.53. The van der Waals surface area contributed by atoms with Crippen LogP contribution in [0, 0.1) is 6.92 Å². The van der Waals surface area contributed by atoms with Crippen LogP contribution in [0.15, 0.2) is 30.3 Å². The zero-order valence-corrected chi connectivity index (χ0v) is 17.3. The number of fused-ring (bicyclic) bond motifs is 1. The van der Waals surface area contributed by atoms with Gasteiger partial charge in [-0.3, -0.25) is 4.79 Å². The highest BCUT2D eigenvalue weighted by Crippen LogP contribution is 2.41. The summed E-state index contributed by atoms with van der Waals surface area (Å²) in [6, 6.07) is 10.00. The van der Waals surface area contributed by atoms with Gasteiger partial charge in [0.05, 0.1) is 0 Å². The Hall–Kier alpha value is -2.55. The number of hydrogen-bond donors (Lipinski definition) is 2. The van der Waals surface area contributed by atoms with Crippen molar-refractivity contribution < 1.29 is 9.90 Å². The van der Waals surface area contributed by atoms with Gasteiger partial charge in [-0.2, -0.15) is 0 Å². The molecule has 0 saturated heterocycles. The minimum Gasteiger partial charge on any atom is -0.507 e. The fourth-order valence-corrected chi connectivity index (χ4v) is 3.50. The summed E-state index contributed by atoms with van der Waals surface area (Å²) in [6.45, 7) is 14.5. The second kappa shape index (κ2) is 6.26. The third kappa shape index (κ3) is 3.64. The van der Waals surface area contributed by atoms with Crippen LogP contribution >= 0.6 is 0 Å². The molecule has 3 rings (SSSR count). The molecule has 3 heteroatoms. The predicted octanol–water partition coefficient (Wildman–Crippen LogP) is 5.79. The molecule has 0 radical (unpaired) electrons. The Kier molecular flexibility index (Phi) is 4.46. The molecule has 0 fully saturated rings. The second-order valence-electron chi connectivity index (χ2n) is 9.53. The Morgan fingerprint density at radius 2 is 1.48 bits per heavy atom. The quantitative estimate of drug-likeness (QED) is 0.630. The number of carbonyl (C=O) groups excluding carboxylic acids is 1. The van der Waals surface area contributed by atoms with E-state index in [0.717, 1.165) is 33.5 Å². The summed E-state index contributed by atoms with van der Waals surface area (Å²) in [6.07, 6.45) is 1.93. The maximum Gasteiger partial charge on any atom is 0.256 e. The number of phenolic OH excluding ortho intramolecular Hbond substituents is 1. The highest BCUT2D eigenvalue weighted by molar-refractivity contribution is 6.34. The van der Waals surface area contributed by atoms with Gasteiger partial charge in [-0.15, -0.1) is 0 Å². The average Bonchev–Trinajstić information content (AvgIpc) is 2.81. The summed E-state index contributed by atoms with van der Waals surface area (Å²) < 4.78 is 0. The molecule has 1 amide bonds. The van der Waals surface area contributed by atoms with Gasteiger partial charge >= 0.3 is 0 Å². The normalized spacial score (nSPS) is 15.8. The third-order valence-electron chi connectivity index (χ3n) is 5.02. The SMILES string of the molecule is Cc1ccc2c(c1)NC(=O)C2=Cc1cc(C(C)(C)C)c(O)c(C(C)(C)C)c1. The van der Waals surface area contributed by atoms with Crippen molar-refractivity contribution in [1.82, 2.24) is 0 Å². The van der Waals surface area contributed by atoms with Crippen molar-refractivity contribution in [3.8, 4) is 5.75 Å². The minimum atomic E-state index is -0.203. The van der Waals surface area contributed by atoms with Crippen LogP contribution in [-0.4, -0.2) is 11.0 Å². The van der Waals surface area contributed by atoms with Gasteiger partial charge in [0.2, 0.25) is 0 Å². The lowest BCUT2D eigenvalue weighted by molar-refractivity contribution is -0.110. The van der Waals surface area contributed by atoms with Crippen LogP contribution in [0.25, 0.3) is 11.6 Å². The summed E-state index contributed by atoms with van der Waals surface area (Å²) in [7, 11) is 0. The minimum absolute atomic E-state index is 0.0849. The fraction of sp³-hybridized carbons (Fsp3) is 0.375. The number of amides is 1. The predicted molar refractivity (Wildman–Crippen MR) is 113 cm³/mol. The van der Waals surface area contributed by atoms with Crippen LogP contribution in [0.1, 0.15) is 69.4 Å². The number of nitrogens with one attached hydrogen (secondary N) is 1. The highest BCUT2D eigenvalue weighted by atomic mass is 16.3. The van der Waals surface area contributed by atoms with Crippen LogP contribution in [-0.2, 0) is 15.6 Å². The van der Waals surface area contributed by atoms with Crippen LogP contribution in [0.2, 0.25) is 0 Å². The largest absolute Gasteiger partial charge is 0.507 e. The zero-order chi connectivity index (χ0) is 20.1. The van der Waals surface area contributed by atoms with Crippen molar-refractivity contribution in [1.29, 1.82) is 0 Å². The molecule has 3 nitrogen and oxygen atoms in total. The number of phenols is 1. The Labute approximate surface area is 162 Å². The maximum absolute atomic E-state index is 12.5. The zero-order valence-electron chi connectivity index (χ0n) is 17.3. The number of aryl methyl sites for hydroxylation is 1. The van der Waals surface area contributed by atoms with E-state index in [1.807, 2.05) is 43.3 Å². The molecule has 1 heterocycles. The molecular weight excluding hydrogens is 334 g/mol. The van der Waals surface area contributed by atoms with Gasteiger partial charge in [0.25, 0.3) is 5.91 Å². The van der Waals surface area contributed by atoms with Crippen molar-refractivity contribution in [2.45, 2.75) is 59.3 Å². The van der Waals surface area contributed by atoms with Crippen molar-refractivity contribution in [3.63, 3.8) is 0 Å². The number of aromatic hydroxyl groups is 1. The summed E-state index contributed by atoms with van der Waals surface area (Å²) >= 11 is 0. The fourth-order valence-electron chi connectivity index (χ4n) is 3.50. The number of hydrogen-bond acceptors (Lipinski definition) is 2. The van der Waals surface area contributed by atoms with Gasteiger partial charge in [-0.25, -0.2) is 0 Å². The Morgan fingerprint density at radius 1 is 0.926 bits per heavy atom. The van der Waals surface area contributed by atoms with Crippen LogP contribution in [0.4, 0.5) is 5.69 Å². The van der Waals surface area contributed by atoms with Crippen molar-refractivity contribution >= 4 is 23.2 Å². The Balaban J connectivity index is 2.21. The lowest BCUT2D eigenvalue weighted by Crippen LogP contribution is -2.17. The van der Waals surface area contributed by atoms with Gasteiger partial charge in [-0.1, -0.05) is 53.7 Å². The molecule has 0 bridgehead atoms. The van der Waals surface area contributed by atoms with E-state index in [1.165, 1.54) is 0 Å². The number of benzene rings is 2. The molecule has 1 aliphatic rings. The monoisotopic (exact) mass is 363 g/mol. The smallest absolute Gasteiger partial charge is 0.256 e. The first-order valence-corrected chi connectivity index (χ1v) is 9.40. The number of rotatable bonds is 1. The lowest BCUT2D eigenvalue weighted by atomic mass is 9.78.